The minimum absolute atomic E-state index is 0.176. The molecule has 0 amide bonds. The van der Waals surface area contributed by atoms with Gasteiger partial charge < -0.3 is 0 Å². The zero-order valence-electron chi connectivity index (χ0n) is 3.13. The first kappa shape index (κ1) is 4.73. The minimum atomic E-state index is -0.269. The van der Waals surface area contributed by atoms with Crippen molar-refractivity contribution in [3.05, 3.63) is 18.5 Å². The molecule has 5 heteroatoms. The fraction of sp³-hybridized carbons (Fsp3) is 0. The largest absolute Gasteiger partial charge is 0.318 e. The molecule has 0 aromatic carbocycles. The SMILES string of the molecule is O=c1[nH]sc(=O)s1. The highest BCUT2D eigenvalue weighted by molar-refractivity contribution is 7.22. The molecule has 0 atom stereocenters. The van der Waals surface area contributed by atoms with Crippen LogP contribution in [-0.2, 0) is 0 Å². The third kappa shape index (κ3) is 0.971. The summed E-state index contributed by atoms with van der Waals surface area (Å²) in [6.07, 6.45) is 0. The monoisotopic (exact) mass is 135 g/mol. The van der Waals surface area contributed by atoms with Crippen molar-refractivity contribution in [3.8, 4) is 0 Å². The Morgan fingerprint density at radius 1 is 1.43 bits per heavy atom. The molecule has 0 aliphatic carbocycles. The van der Waals surface area contributed by atoms with Crippen LogP contribution in [0.2, 0.25) is 0 Å². The number of H-pyrrole nitrogens is 1. The second-order valence-electron chi connectivity index (χ2n) is 0.844. The number of rotatable bonds is 0. The molecular formula is C2HNO2S2. The van der Waals surface area contributed by atoms with Crippen LogP contribution < -0.4 is 8.93 Å². The summed E-state index contributed by atoms with van der Waals surface area (Å²) in [6, 6.07) is 0. The second kappa shape index (κ2) is 1.59. The van der Waals surface area contributed by atoms with E-state index in [-0.39, 0.29) is 8.93 Å². The first-order valence-corrected chi connectivity index (χ1v) is 3.11. The van der Waals surface area contributed by atoms with Crippen molar-refractivity contribution in [1.29, 1.82) is 0 Å². The van der Waals surface area contributed by atoms with Crippen LogP contribution in [0.25, 0.3) is 0 Å². The summed E-state index contributed by atoms with van der Waals surface area (Å²) in [5.41, 5.74) is 0. The zero-order chi connectivity index (χ0) is 5.28. The van der Waals surface area contributed by atoms with Crippen LogP contribution in [-0.4, -0.2) is 4.37 Å². The molecule has 1 aromatic heterocycles. The van der Waals surface area contributed by atoms with Gasteiger partial charge in [-0.05, 0) is 22.9 Å². The predicted molar refractivity (Wildman–Crippen MR) is 29.1 cm³/mol. The van der Waals surface area contributed by atoms with Crippen LogP contribution in [0.15, 0.2) is 9.59 Å². The average Bonchev–Trinajstić information content (AvgIpc) is 1.87. The van der Waals surface area contributed by atoms with Gasteiger partial charge in [0, 0.05) is 0 Å². The molecule has 0 unspecified atom stereocenters. The molecule has 0 saturated carbocycles. The van der Waals surface area contributed by atoms with Crippen molar-refractivity contribution in [3.63, 3.8) is 0 Å². The summed E-state index contributed by atoms with van der Waals surface area (Å²) in [6.45, 7) is 0. The van der Waals surface area contributed by atoms with E-state index in [0.29, 0.717) is 11.3 Å². The molecule has 0 bridgehead atoms. The zero-order valence-corrected chi connectivity index (χ0v) is 4.77. The summed E-state index contributed by atoms with van der Waals surface area (Å²) in [4.78, 5) is 19.9. The van der Waals surface area contributed by atoms with Gasteiger partial charge in [0.05, 0.1) is 0 Å². The van der Waals surface area contributed by atoms with Crippen molar-refractivity contribution in [1.82, 2.24) is 4.37 Å². The molecule has 0 saturated heterocycles. The van der Waals surface area contributed by atoms with Crippen molar-refractivity contribution in [2.45, 2.75) is 0 Å². The van der Waals surface area contributed by atoms with E-state index in [4.69, 9.17) is 0 Å². The van der Waals surface area contributed by atoms with Gasteiger partial charge in [0.15, 0.2) is 0 Å². The van der Waals surface area contributed by atoms with Crippen LogP contribution in [0.3, 0.4) is 0 Å². The highest BCUT2D eigenvalue weighted by atomic mass is 32.2. The lowest BCUT2D eigenvalue weighted by Gasteiger charge is -1.46. The van der Waals surface area contributed by atoms with Crippen LogP contribution in [0.5, 0.6) is 0 Å². The van der Waals surface area contributed by atoms with Crippen molar-refractivity contribution >= 4 is 22.9 Å². The highest BCUT2D eigenvalue weighted by Crippen LogP contribution is 1.73. The van der Waals surface area contributed by atoms with E-state index in [1.54, 1.807) is 0 Å². The van der Waals surface area contributed by atoms with Crippen molar-refractivity contribution in [2.24, 2.45) is 0 Å². The van der Waals surface area contributed by atoms with Crippen LogP contribution in [0.1, 0.15) is 0 Å². The first-order valence-electron chi connectivity index (χ1n) is 1.47. The molecule has 1 rings (SSSR count). The Bertz CT molecular complexity index is 218. The third-order valence-corrected chi connectivity index (χ3v) is 1.93. The van der Waals surface area contributed by atoms with Gasteiger partial charge in [0.1, 0.15) is 0 Å². The lowest BCUT2D eigenvalue weighted by molar-refractivity contribution is 1.51. The van der Waals surface area contributed by atoms with E-state index in [2.05, 4.69) is 4.37 Å². The summed E-state index contributed by atoms with van der Waals surface area (Å²) >= 11 is 1.52. The van der Waals surface area contributed by atoms with Gasteiger partial charge in [-0.3, -0.25) is 14.0 Å². The summed E-state index contributed by atoms with van der Waals surface area (Å²) in [7, 11) is 0. The van der Waals surface area contributed by atoms with Gasteiger partial charge in [0.2, 0.25) is 0 Å². The summed E-state index contributed by atoms with van der Waals surface area (Å²) in [5, 5.41) is 0. The quantitative estimate of drug-likeness (QED) is 0.538. The maximum Gasteiger partial charge on any atom is 0.318 e. The highest BCUT2D eigenvalue weighted by Gasteiger charge is 1.85. The number of hydrogen-bond acceptors (Lipinski definition) is 4. The lowest BCUT2D eigenvalue weighted by atomic mass is 11.6. The fourth-order valence-electron chi connectivity index (χ4n) is 0.201. The Morgan fingerprint density at radius 3 is 2.29 bits per heavy atom. The van der Waals surface area contributed by atoms with Gasteiger partial charge in [-0.15, -0.1) is 0 Å². The van der Waals surface area contributed by atoms with E-state index >= 15 is 0 Å². The molecule has 1 N–H and O–H groups in total. The van der Waals surface area contributed by atoms with E-state index < -0.39 is 0 Å². The third-order valence-electron chi connectivity index (χ3n) is 0.394. The molecular weight excluding hydrogens is 134 g/mol. The maximum atomic E-state index is 10.1. The Morgan fingerprint density at radius 2 is 2.14 bits per heavy atom. The molecule has 3 nitrogen and oxygen atoms in total. The lowest BCUT2D eigenvalue weighted by Crippen LogP contribution is -1.88. The number of aromatic amines is 1. The summed E-state index contributed by atoms with van der Waals surface area (Å²) < 4.78 is 2.08. The van der Waals surface area contributed by atoms with Gasteiger partial charge in [-0.2, -0.15) is 0 Å². The van der Waals surface area contributed by atoms with E-state index in [0.717, 1.165) is 11.5 Å². The number of aromatic nitrogens is 1. The van der Waals surface area contributed by atoms with Crippen molar-refractivity contribution < 1.29 is 0 Å². The Hall–Kier alpha value is -0.420. The Kier molecular flexibility index (Phi) is 1.07. The van der Waals surface area contributed by atoms with Gasteiger partial charge >= 0.3 is 8.93 Å². The maximum absolute atomic E-state index is 10.1. The van der Waals surface area contributed by atoms with E-state index in [9.17, 15) is 9.59 Å². The molecule has 7 heavy (non-hydrogen) atoms. The summed E-state index contributed by atoms with van der Waals surface area (Å²) in [5.74, 6) is 0. The molecule has 1 heterocycles. The first-order chi connectivity index (χ1) is 3.29. The molecule has 0 radical (unpaired) electrons. The number of hydrogen-bond donors (Lipinski definition) is 1. The molecule has 0 fully saturated rings. The normalized spacial score (nSPS) is 9.14. The van der Waals surface area contributed by atoms with Crippen LogP contribution in [0, 0.1) is 0 Å². The Labute approximate surface area is 46.4 Å². The Balaban J connectivity index is 3.59. The topological polar surface area (TPSA) is 49.9 Å². The van der Waals surface area contributed by atoms with Crippen molar-refractivity contribution in [2.75, 3.05) is 0 Å². The van der Waals surface area contributed by atoms with E-state index in [1.807, 2.05) is 0 Å². The standard InChI is InChI=1S/C2HNO2S2/c4-1-3-7-2(5)6-1/h(H,3,4). The fourth-order valence-corrected chi connectivity index (χ4v) is 1.33. The smallest absolute Gasteiger partial charge is 0.265 e. The minimum Gasteiger partial charge on any atom is -0.265 e. The van der Waals surface area contributed by atoms with Gasteiger partial charge in [0.25, 0.3) is 0 Å². The molecule has 38 valence electrons. The van der Waals surface area contributed by atoms with E-state index in [1.165, 1.54) is 0 Å². The van der Waals surface area contributed by atoms with Crippen LogP contribution >= 0.6 is 22.9 Å². The molecule has 0 aliphatic heterocycles. The molecule has 1 aromatic rings. The molecule has 0 spiro atoms. The average molecular weight is 135 g/mol. The number of nitrogens with one attached hydrogen (secondary N) is 1. The van der Waals surface area contributed by atoms with Crippen LogP contribution in [0.4, 0.5) is 0 Å². The molecule has 0 aliphatic rings. The van der Waals surface area contributed by atoms with Gasteiger partial charge in [-0.25, -0.2) is 0 Å². The van der Waals surface area contributed by atoms with Gasteiger partial charge in [-0.1, -0.05) is 0 Å². The second-order valence-corrected chi connectivity index (χ2v) is 2.83. The predicted octanol–water partition coefficient (Wildman–Crippen LogP) is -0.142.